The van der Waals surface area contributed by atoms with Crippen LogP contribution in [0.3, 0.4) is 0 Å². The number of hydrogen-bond donors (Lipinski definition) is 3. The average molecular weight is 350 g/mol. The molecule has 0 aromatic carbocycles. The molecule has 0 spiro atoms. The molecular formula is C17H22N2O6. The van der Waals surface area contributed by atoms with Crippen LogP contribution in [-0.4, -0.2) is 44.0 Å². The highest BCUT2D eigenvalue weighted by molar-refractivity contribution is 5.71. The highest BCUT2D eigenvalue weighted by atomic mass is 16.5. The molecule has 1 aromatic heterocycles. The summed E-state index contributed by atoms with van der Waals surface area (Å²) in [4.78, 5) is 37.5. The summed E-state index contributed by atoms with van der Waals surface area (Å²) in [5, 5.41) is 21.0. The van der Waals surface area contributed by atoms with Gasteiger partial charge in [-0.2, -0.15) is 0 Å². The van der Waals surface area contributed by atoms with Crippen LogP contribution in [0.5, 0.6) is 0 Å². The van der Waals surface area contributed by atoms with E-state index in [1.165, 1.54) is 16.8 Å². The predicted octanol–water partition coefficient (Wildman–Crippen LogP) is -0.283. The highest BCUT2D eigenvalue weighted by Crippen LogP contribution is 2.46. The van der Waals surface area contributed by atoms with Crippen molar-refractivity contribution in [1.82, 2.24) is 9.55 Å². The minimum Gasteiger partial charge on any atom is -0.461 e. The van der Waals surface area contributed by atoms with Crippen LogP contribution in [0, 0.1) is 11.8 Å². The van der Waals surface area contributed by atoms with E-state index in [1.54, 1.807) is 13.8 Å². The number of hydrogen-bond acceptors (Lipinski definition) is 6. The predicted molar refractivity (Wildman–Crippen MR) is 87.9 cm³/mol. The number of aliphatic hydroxyl groups is 2. The lowest BCUT2D eigenvalue weighted by atomic mass is 9.85. The molecule has 8 heteroatoms. The second-order valence-corrected chi connectivity index (χ2v) is 6.88. The minimum absolute atomic E-state index is 0.296. The van der Waals surface area contributed by atoms with Crippen molar-refractivity contribution in [2.24, 2.45) is 11.8 Å². The van der Waals surface area contributed by atoms with E-state index in [2.05, 4.69) is 4.98 Å². The zero-order valence-electron chi connectivity index (χ0n) is 14.1. The number of esters is 1. The number of nitrogens with one attached hydrogen (secondary N) is 1. The number of H-pyrrole nitrogens is 1. The number of nitrogens with zero attached hydrogens (tertiary/aromatic N) is 1. The van der Waals surface area contributed by atoms with Crippen LogP contribution in [0.25, 0.3) is 0 Å². The number of aromatic nitrogens is 2. The van der Waals surface area contributed by atoms with E-state index in [0.29, 0.717) is 18.4 Å². The van der Waals surface area contributed by atoms with E-state index in [9.17, 15) is 24.6 Å². The molecule has 1 saturated carbocycles. The summed E-state index contributed by atoms with van der Waals surface area (Å²) in [6, 6.07) is 0.387. The van der Waals surface area contributed by atoms with Crippen molar-refractivity contribution in [3.63, 3.8) is 0 Å². The van der Waals surface area contributed by atoms with Crippen LogP contribution in [-0.2, 0) is 9.53 Å². The number of rotatable bonds is 3. The van der Waals surface area contributed by atoms with Crippen molar-refractivity contribution in [2.75, 3.05) is 0 Å². The summed E-state index contributed by atoms with van der Waals surface area (Å²) in [6.07, 6.45) is 1.36. The van der Waals surface area contributed by atoms with Crippen molar-refractivity contribution in [3.05, 3.63) is 44.8 Å². The molecule has 0 radical (unpaired) electrons. The van der Waals surface area contributed by atoms with E-state index in [4.69, 9.17) is 4.74 Å². The number of aliphatic hydroxyl groups excluding tert-OH is 2. The Morgan fingerprint density at radius 1 is 1.32 bits per heavy atom. The number of fused-ring (bicyclic) bond motifs is 1. The molecule has 1 fully saturated rings. The fraction of sp³-hybridized carbons (Fsp3) is 0.588. The van der Waals surface area contributed by atoms with Crippen molar-refractivity contribution in [1.29, 1.82) is 0 Å². The molecule has 3 N–H and O–H groups in total. The zero-order chi connectivity index (χ0) is 18.3. The monoisotopic (exact) mass is 350 g/mol. The summed E-state index contributed by atoms with van der Waals surface area (Å²) in [6.45, 7) is 3.45. The van der Waals surface area contributed by atoms with Gasteiger partial charge in [-0.15, -0.1) is 0 Å². The number of aromatic amines is 1. The van der Waals surface area contributed by atoms with Gasteiger partial charge in [-0.25, -0.2) is 4.79 Å². The molecule has 0 saturated heterocycles. The molecule has 2 aliphatic carbocycles. The third-order valence-corrected chi connectivity index (χ3v) is 4.89. The molecule has 5 atom stereocenters. The Kier molecular flexibility index (Phi) is 4.66. The Labute approximate surface area is 143 Å². The first-order valence-electron chi connectivity index (χ1n) is 8.39. The number of carbonyl (C=O) groups excluding carboxylic acids is 1. The first-order valence-corrected chi connectivity index (χ1v) is 8.39. The Balaban J connectivity index is 1.96. The fourth-order valence-corrected chi connectivity index (χ4v) is 3.66. The third-order valence-electron chi connectivity index (χ3n) is 4.89. The SMILES string of the molecule is CC(C)C(=O)O[C@@H]1CCC=C2[C@H]1[C@@H](O)[C@@H](O)[C@@H]2n1ccc(=O)[nH]c1=O. The lowest BCUT2D eigenvalue weighted by Gasteiger charge is -2.31. The van der Waals surface area contributed by atoms with Crippen LogP contribution >= 0.6 is 0 Å². The van der Waals surface area contributed by atoms with Crippen LogP contribution in [0.4, 0.5) is 0 Å². The molecule has 1 heterocycles. The van der Waals surface area contributed by atoms with Gasteiger partial charge < -0.3 is 14.9 Å². The summed E-state index contributed by atoms with van der Waals surface area (Å²) < 4.78 is 6.73. The van der Waals surface area contributed by atoms with Gasteiger partial charge in [0.25, 0.3) is 5.56 Å². The largest absolute Gasteiger partial charge is 0.461 e. The van der Waals surface area contributed by atoms with Gasteiger partial charge >= 0.3 is 11.7 Å². The standard InChI is InChI=1S/C17H22N2O6/c1-8(2)16(23)25-10-5-3-4-9-12(10)14(21)15(22)13(9)19-7-6-11(20)18-17(19)24/h4,6-8,10,12-15,21-22H,3,5H2,1-2H3,(H,18,20,24)/t10-,12-,13-,14-,15+/m1/s1. The van der Waals surface area contributed by atoms with Gasteiger partial charge in [0.2, 0.25) is 0 Å². The number of ether oxygens (including phenoxy) is 1. The van der Waals surface area contributed by atoms with Crippen LogP contribution in [0.15, 0.2) is 33.5 Å². The number of carbonyl (C=O) groups is 1. The molecular weight excluding hydrogens is 328 g/mol. The molecule has 25 heavy (non-hydrogen) atoms. The Bertz CT molecular complexity index is 808. The quantitative estimate of drug-likeness (QED) is 0.509. The maximum Gasteiger partial charge on any atom is 0.328 e. The van der Waals surface area contributed by atoms with E-state index >= 15 is 0 Å². The third kappa shape index (κ3) is 3.07. The molecule has 8 nitrogen and oxygen atoms in total. The van der Waals surface area contributed by atoms with E-state index in [1.807, 2.05) is 6.08 Å². The van der Waals surface area contributed by atoms with Gasteiger partial charge in [-0.3, -0.25) is 19.1 Å². The van der Waals surface area contributed by atoms with Gasteiger partial charge in [-0.1, -0.05) is 19.9 Å². The zero-order valence-corrected chi connectivity index (χ0v) is 14.1. The normalized spacial score (nSPS) is 31.6. The summed E-state index contributed by atoms with van der Waals surface area (Å²) in [5.74, 6) is -1.23. The van der Waals surface area contributed by atoms with Crippen LogP contribution in [0.1, 0.15) is 32.7 Å². The van der Waals surface area contributed by atoms with Crippen molar-refractivity contribution < 1.29 is 19.7 Å². The summed E-state index contributed by atoms with van der Waals surface area (Å²) in [7, 11) is 0. The molecule has 0 bridgehead atoms. The average Bonchev–Trinajstić information content (AvgIpc) is 2.80. The highest BCUT2D eigenvalue weighted by Gasteiger charge is 2.51. The molecule has 0 amide bonds. The maximum absolute atomic E-state index is 12.1. The van der Waals surface area contributed by atoms with E-state index in [-0.39, 0.29) is 11.9 Å². The Morgan fingerprint density at radius 2 is 2.04 bits per heavy atom. The minimum atomic E-state index is -1.24. The van der Waals surface area contributed by atoms with Gasteiger partial charge in [0.15, 0.2) is 0 Å². The smallest absolute Gasteiger partial charge is 0.328 e. The van der Waals surface area contributed by atoms with Gasteiger partial charge in [0, 0.05) is 18.2 Å². The van der Waals surface area contributed by atoms with Crippen LogP contribution < -0.4 is 11.2 Å². The fourth-order valence-electron chi connectivity index (χ4n) is 3.66. The molecule has 0 aliphatic heterocycles. The van der Waals surface area contributed by atoms with Crippen molar-refractivity contribution in [3.8, 4) is 0 Å². The molecule has 136 valence electrons. The van der Waals surface area contributed by atoms with Gasteiger partial charge in [0.05, 0.1) is 18.1 Å². The lowest BCUT2D eigenvalue weighted by molar-refractivity contribution is -0.158. The summed E-state index contributed by atoms with van der Waals surface area (Å²) >= 11 is 0. The molecule has 0 unspecified atom stereocenters. The second kappa shape index (κ2) is 6.61. The van der Waals surface area contributed by atoms with E-state index < -0.39 is 41.5 Å². The van der Waals surface area contributed by atoms with Gasteiger partial charge in [0.1, 0.15) is 12.2 Å². The molecule has 3 rings (SSSR count). The first kappa shape index (κ1) is 17.6. The first-order chi connectivity index (χ1) is 11.8. The molecule has 1 aromatic rings. The van der Waals surface area contributed by atoms with Crippen LogP contribution in [0.2, 0.25) is 0 Å². The topological polar surface area (TPSA) is 122 Å². The van der Waals surface area contributed by atoms with Crippen molar-refractivity contribution in [2.45, 2.75) is 51.0 Å². The van der Waals surface area contributed by atoms with Crippen molar-refractivity contribution >= 4 is 5.97 Å². The van der Waals surface area contributed by atoms with E-state index in [0.717, 1.165) is 0 Å². The Morgan fingerprint density at radius 3 is 2.68 bits per heavy atom. The van der Waals surface area contributed by atoms with Gasteiger partial charge in [-0.05, 0) is 18.4 Å². The second-order valence-electron chi connectivity index (χ2n) is 6.88. The maximum atomic E-state index is 12.1. The summed E-state index contributed by atoms with van der Waals surface area (Å²) in [5.41, 5.74) is -0.541. The lowest BCUT2D eigenvalue weighted by Crippen LogP contribution is -2.38. The number of allylic oxidation sites excluding steroid dienone is 1. The Hall–Kier alpha value is -2.19. The molecule has 2 aliphatic rings.